The highest BCUT2D eigenvalue weighted by Crippen LogP contribution is 2.26. The van der Waals surface area contributed by atoms with E-state index in [2.05, 4.69) is 17.2 Å². The van der Waals surface area contributed by atoms with E-state index in [1.807, 2.05) is 18.2 Å². The molecule has 1 unspecified atom stereocenters. The Labute approximate surface area is 123 Å². The molecule has 3 rings (SSSR count). The van der Waals surface area contributed by atoms with Crippen LogP contribution in [0, 0.1) is 0 Å². The molecule has 5 heteroatoms. The average molecular weight is 286 g/mol. The standard InChI is InChI=1S/C16H18N2O3/c1-16(7-4-8-21-10-16)18-14-9-12(15(19)20)11-5-2-3-6-13(11)17-14/h2-3,5-6,9H,4,7-8,10H2,1H3,(H,17,18)(H,19,20). The van der Waals surface area contributed by atoms with Crippen molar-refractivity contribution in [3.63, 3.8) is 0 Å². The molecule has 2 heterocycles. The van der Waals surface area contributed by atoms with E-state index in [1.54, 1.807) is 12.1 Å². The quantitative estimate of drug-likeness (QED) is 0.907. The number of benzene rings is 1. The molecule has 0 amide bonds. The molecule has 2 N–H and O–H groups in total. The second kappa shape index (κ2) is 5.33. The molecule has 0 spiro atoms. The zero-order valence-electron chi connectivity index (χ0n) is 11.9. The van der Waals surface area contributed by atoms with Gasteiger partial charge in [-0.3, -0.25) is 0 Å². The summed E-state index contributed by atoms with van der Waals surface area (Å²) in [7, 11) is 0. The summed E-state index contributed by atoms with van der Waals surface area (Å²) in [4.78, 5) is 16.0. The Balaban J connectivity index is 2.01. The largest absolute Gasteiger partial charge is 0.478 e. The number of hydrogen-bond donors (Lipinski definition) is 2. The number of carbonyl (C=O) groups is 1. The normalized spacial score (nSPS) is 22.1. The Morgan fingerprint density at radius 1 is 1.43 bits per heavy atom. The molecule has 21 heavy (non-hydrogen) atoms. The van der Waals surface area contributed by atoms with Gasteiger partial charge in [0.1, 0.15) is 5.82 Å². The van der Waals surface area contributed by atoms with Gasteiger partial charge in [-0.25, -0.2) is 9.78 Å². The average Bonchev–Trinajstić information content (AvgIpc) is 2.46. The summed E-state index contributed by atoms with van der Waals surface area (Å²) in [5.41, 5.74) is 0.743. The SMILES string of the molecule is CC1(Nc2cc(C(=O)O)c3ccccc3n2)CCCOC1. The Bertz CT molecular complexity index is 678. The summed E-state index contributed by atoms with van der Waals surface area (Å²) in [6, 6.07) is 8.88. The van der Waals surface area contributed by atoms with Gasteiger partial charge in [0.15, 0.2) is 0 Å². The Morgan fingerprint density at radius 2 is 2.24 bits per heavy atom. The maximum atomic E-state index is 11.5. The minimum atomic E-state index is -0.943. The van der Waals surface area contributed by atoms with E-state index < -0.39 is 5.97 Å². The van der Waals surface area contributed by atoms with Gasteiger partial charge < -0.3 is 15.2 Å². The Morgan fingerprint density at radius 3 is 2.95 bits per heavy atom. The molecule has 1 saturated heterocycles. The fourth-order valence-electron chi connectivity index (χ4n) is 2.76. The lowest BCUT2D eigenvalue weighted by Crippen LogP contribution is -2.43. The third-order valence-corrected chi connectivity index (χ3v) is 3.81. The van der Waals surface area contributed by atoms with Crippen LogP contribution in [0.3, 0.4) is 0 Å². The van der Waals surface area contributed by atoms with Crippen LogP contribution in [-0.4, -0.2) is 34.8 Å². The van der Waals surface area contributed by atoms with Gasteiger partial charge in [-0.1, -0.05) is 18.2 Å². The number of ether oxygens (including phenoxy) is 1. The minimum absolute atomic E-state index is 0.205. The lowest BCUT2D eigenvalue weighted by atomic mass is 9.95. The van der Waals surface area contributed by atoms with E-state index in [9.17, 15) is 9.90 Å². The number of aromatic nitrogens is 1. The molecule has 0 saturated carbocycles. The third kappa shape index (κ3) is 2.83. The first kappa shape index (κ1) is 13.8. The van der Waals surface area contributed by atoms with Crippen molar-refractivity contribution in [3.8, 4) is 0 Å². The molecule has 1 aliphatic rings. The van der Waals surface area contributed by atoms with Crippen molar-refractivity contribution in [2.45, 2.75) is 25.3 Å². The zero-order valence-corrected chi connectivity index (χ0v) is 11.9. The number of para-hydroxylation sites is 1. The first-order valence-electron chi connectivity index (χ1n) is 7.06. The number of nitrogens with one attached hydrogen (secondary N) is 1. The number of pyridine rings is 1. The van der Waals surface area contributed by atoms with E-state index in [1.165, 1.54) is 0 Å². The van der Waals surface area contributed by atoms with Crippen LogP contribution >= 0.6 is 0 Å². The fraction of sp³-hybridized carbons (Fsp3) is 0.375. The first-order chi connectivity index (χ1) is 10.1. The van der Waals surface area contributed by atoms with Crippen LogP contribution < -0.4 is 5.32 Å². The van der Waals surface area contributed by atoms with Crippen LogP contribution in [0.5, 0.6) is 0 Å². The summed E-state index contributed by atoms with van der Waals surface area (Å²) >= 11 is 0. The van der Waals surface area contributed by atoms with E-state index in [0.29, 0.717) is 23.3 Å². The zero-order chi connectivity index (χ0) is 14.9. The highest BCUT2D eigenvalue weighted by atomic mass is 16.5. The third-order valence-electron chi connectivity index (χ3n) is 3.81. The maximum absolute atomic E-state index is 11.5. The lowest BCUT2D eigenvalue weighted by Gasteiger charge is -2.34. The predicted molar refractivity (Wildman–Crippen MR) is 80.8 cm³/mol. The van der Waals surface area contributed by atoms with Gasteiger partial charge in [-0.15, -0.1) is 0 Å². The number of rotatable bonds is 3. The van der Waals surface area contributed by atoms with Crippen molar-refractivity contribution in [2.75, 3.05) is 18.5 Å². The summed E-state index contributed by atoms with van der Waals surface area (Å²) in [6.07, 6.45) is 1.97. The van der Waals surface area contributed by atoms with Crippen LogP contribution in [0.25, 0.3) is 10.9 Å². The molecule has 0 aliphatic carbocycles. The molecule has 0 bridgehead atoms. The number of nitrogens with zero attached hydrogens (tertiary/aromatic N) is 1. The molecular formula is C16H18N2O3. The highest BCUT2D eigenvalue weighted by molar-refractivity contribution is 6.03. The molecule has 1 aliphatic heterocycles. The second-order valence-electron chi connectivity index (χ2n) is 5.72. The smallest absolute Gasteiger partial charge is 0.336 e. The number of anilines is 1. The number of carboxylic acids is 1. The Kier molecular flexibility index (Phi) is 3.51. The number of hydrogen-bond acceptors (Lipinski definition) is 4. The second-order valence-corrected chi connectivity index (χ2v) is 5.72. The van der Waals surface area contributed by atoms with Crippen molar-refractivity contribution in [1.82, 2.24) is 4.98 Å². The van der Waals surface area contributed by atoms with Crippen LogP contribution in [0.15, 0.2) is 30.3 Å². The summed E-state index contributed by atoms with van der Waals surface area (Å²) in [5, 5.41) is 13.4. The van der Waals surface area contributed by atoms with E-state index in [0.717, 1.165) is 19.4 Å². The highest BCUT2D eigenvalue weighted by Gasteiger charge is 2.28. The van der Waals surface area contributed by atoms with Gasteiger partial charge in [-0.2, -0.15) is 0 Å². The molecule has 0 radical (unpaired) electrons. The molecule has 1 aromatic heterocycles. The van der Waals surface area contributed by atoms with Gasteiger partial charge in [0, 0.05) is 12.0 Å². The van der Waals surface area contributed by atoms with Gasteiger partial charge in [0.05, 0.1) is 23.2 Å². The Hall–Kier alpha value is -2.14. The van der Waals surface area contributed by atoms with E-state index in [-0.39, 0.29) is 11.1 Å². The van der Waals surface area contributed by atoms with Crippen molar-refractivity contribution in [1.29, 1.82) is 0 Å². The van der Waals surface area contributed by atoms with Crippen LogP contribution in [0.4, 0.5) is 5.82 Å². The number of aromatic carboxylic acids is 1. The van der Waals surface area contributed by atoms with Crippen LogP contribution in [0.1, 0.15) is 30.1 Å². The minimum Gasteiger partial charge on any atom is -0.478 e. The number of fused-ring (bicyclic) bond motifs is 1. The van der Waals surface area contributed by atoms with Gasteiger partial charge >= 0.3 is 5.97 Å². The van der Waals surface area contributed by atoms with Crippen molar-refractivity contribution in [3.05, 3.63) is 35.9 Å². The summed E-state index contributed by atoms with van der Waals surface area (Å²) < 4.78 is 5.52. The topological polar surface area (TPSA) is 71.5 Å². The van der Waals surface area contributed by atoms with E-state index in [4.69, 9.17) is 4.74 Å². The van der Waals surface area contributed by atoms with Crippen molar-refractivity contribution in [2.24, 2.45) is 0 Å². The van der Waals surface area contributed by atoms with Crippen molar-refractivity contribution >= 4 is 22.7 Å². The lowest BCUT2D eigenvalue weighted by molar-refractivity contribution is 0.0539. The molecule has 2 aromatic rings. The molecule has 1 atom stereocenters. The van der Waals surface area contributed by atoms with E-state index >= 15 is 0 Å². The predicted octanol–water partition coefficient (Wildman–Crippen LogP) is 2.91. The number of carboxylic acid groups (broad SMARTS) is 1. The summed E-state index contributed by atoms with van der Waals surface area (Å²) in [6.45, 7) is 3.45. The maximum Gasteiger partial charge on any atom is 0.336 e. The van der Waals surface area contributed by atoms with Crippen LogP contribution in [0.2, 0.25) is 0 Å². The first-order valence-corrected chi connectivity index (χ1v) is 7.06. The molecule has 1 fully saturated rings. The summed E-state index contributed by atoms with van der Waals surface area (Å²) in [5.74, 6) is -0.360. The molecular weight excluding hydrogens is 268 g/mol. The van der Waals surface area contributed by atoms with Crippen LogP contribution in [-0.2, 0) is 4.74 Å². The van der Waals surface area contributed by atoms with Gasteiger partial charge in [0.25, 0.3) is 0 Å². The molecule has 5 nitrogen and oxygen atoms in total. The molecule has 1 aromatic carbocycles. The molecule has 110 valence electrons. The van der Waals surface area contributed by atoms with Gasteiger partial charge in [0.2, 0.25) is 0 Å². The monoisotopic (exact) mass is 286 g/mol. The van der Waals surface area contributed by atoms with Crippen molar-refractivity contribution < 1.29 is 14.6 Å². The fourth-order valence-corrected chi connectivity index (χ4v) is 2.76. The van der Waals surface area contributed by atoms with Gasteiger partial charge in [-0.05, 0) is 31.9 Å².